The van der Waals surface area contributed by atoms with E-state index in [4.69, 9.17) is 16.7 Å². The second-order valence-corrected chi connectivity index (χ2v) is 4.13. The summed E-state index contributed by atoms with van der Waals surface area (Å²) in [6.07, 6.45) is 1.76. The van der Waals surface area contributed by atoms with Crippen LogP contribution in [0.5, 0.6) is 5.75 Å². The molecule has 1 unspecified atom stereocenters. The fourth-order valence-corrected chi connectivity index (χ4v) is 1.53. The molecule has 1 rings (SSSR count). The Kier molecular flexibility index (Phi) is 5.12. The highest BCUT2D eigenvalue weighted by atomic mass is 35.5. The van der Waals surface area contributed by atoms with Crippen LogP contribution in [0.3, 0.4) is 0 Å². The summed E-state index contributed by atoms with van der Waals surface area (Å²) in [6.45, 7) is 1.95. The lowest BCUT2D eigenvalue weighted by Gasteiger charge is -2.12. The lowest BCUT2D eigenvalue weighted by molar-refractivity contribution is 0.0938. The van der Waals surface area contributed by atoms with Gasteiger partial charge in [-0.3, -0.25) is 4.79 Å². The van der Waals surface area contributed by atoms with Crippen molar-refractivity contribution < 1.29 is 9.90 Å². The normalized spacial score (nSPS) is 12.1. The second-order valence-electron chi connectivity index (χ2n) is 3.75. The summed E-state index contributed by atoms with van der Waals surface area (Å²) in [5.74, 6) is 0.646. The molecule has 0 spiro atoms. The summed E-state index contributed by atoms with van der Waals surface area (Å²) < 4.78 is 0. The monoisotopic (exact) mass is 241 g/mol. The van der Waals surface area contributed by atoms with E-state index >= 15 is 0 Å². The molecule has 0 heterocycles. The number of phenols is 1. The van der Waals surface area contributed by atoms with Gasteiger partial charge in [-0.05, 0) is 44.0 Å². The number of nitrogens with one attached hydrogen (secondary N) is 1. The summed E-state index contributed by atoms with van der Waals surface area (Å²) >= 11 is 5.58. The van der Waals surface area contributed by atoms with Gasteiger partial charge in [-0.1, -0.05) is 0 Å². The molecule has 88 valence electrons. The minimum atomic E-state index is -0.123. The summed E-state index contributed by atoms with van der Waals surface area (Å²) in [7, 11) is 0. The van der Waals surface area contributed by atoms with Crippen molar-refractivity contribution >= 4 is 17.5 Å². The number of alkyl halides is 1. The van der Waals surface area contributed by atoms with Crippen molar-refractivity contribution in [1.29, 1.82) is 0 Å². The number of carbonyl (C=O) groups excluding carboxylic acids is 1. The van der Waals surface area contributed by atoms with Crippen LogP contribution in [-0.4, -0.2) is 22.9 Å². The van der Waals surface area contributed by atoms with Gasteiger partial charge >= 0.3 is 0 Å². The van der Waals surface area contributed by atoms with Crippen molar-refractivity contribution in [2.24, 2.45) is 0 Å². The maximum absolute atomic E-state index is 11.7. The van der Waals surface area contributed by atoms with Gasteiger partial charge in [-0.2, -0.15) is 0 Å². The number of aromatic hydroxyl groups is 1. The molecule has 16 heavy (non-hydrogen) atoms. The minimum Gasteiger partial charge on any atom is -0.508 e. The van der Waals surface area contributed by atoms with Gasteiger partial charge in [-0.15, -0.1) is 11.6 Å². The fourth-order valence-electron chi connectivity index (χ4n) is 1.38. The van der Waals surface area contributed by atoms with E-state index in [9.17, 15) is 4.79 Å². The third-order valence-electron chi connectivity index (χ3n) is 2.28. The summed E-state index contributed by atoms with van der Waals surface area (Å²) in [5, 5.41) is 12.0. The van der Waals surface area contributed by atoms with Gasteiger partial charge in [0.15, 0.2) is 0 Å². The Morgan fingerprint density at radius 2 is 2.06 bits per heavy atom. The van der Waals surface area contributed by atoms with Gasteiger partial charge in [0.05, 0.1) is 0 Å². The number of hydrogen-bond acceptors (Lipinski definition) is 2. The zero-order valence-electron chi connectivity index (χ0n) is 9.24. The number of amides is 1. The van der Waals surface area contributed by atoms with Crippen LogP contribution in [0.2, 0.25) is 0 Å². The van der Waals surface area contributed by atoms with Crippen LogP contribution in [0, 0.1) is 0 Å². The third kappa shape index (κ3) is 4.11. The smallest absolute Gasteiger partial charge is 0.251 e. The van der Waals surface area contributed by atoms with E-state index < -0.39 is 0 Å². The van der Waals surface area contributed by atoms with Crippen LogP contribution in [0.4, 0.5) is 0 Å². The van der Waals surface area contributed by atoms with Gasteiger partial charge in [0.25, 0.3) is 5.91 Å². The highest BCUT2D eigenvalue weighted by Gasteiger charge is 2.08. The van der Waals surface area contributed by atoms with Gasteiger partial charge in [-0.25, -0.2) is 0 Å². The lowest BCUT2D eigenvalue weighted by Crippen LogP contribution is -2.32. The molecule has 1 aromatic rings. The molecule has 0 radical (unpaired) electrons. The number of hydrogen-bond donors (Lipinski definition) is 2. The summed E-state index contributed by atoms with van der Waals surface area (Å²) in [5.41, 5.74) is 0.551. The van der Waals surface area contributed by atoms with E-state index in [0.717, 1.165) is 12.8 Å². The lowest BCUT2D eigenvalue weighted by atomic mass is 10.1. The Hall–Kier alpha value is -1.22. The molecule has 0 bridgehead atoms. The quantitative estimate of drug-likeness (QED) is 0.779. The Balaban J connectivity index is 2.48. The molecular formula is C12H16ClNO2. The van der Waals surface area contributed by atoms with Crippen molar-refractivity contribution in [3.8, 4) is 5.75 Å². The van der Waals surface area contributed by atoms with Crippen molar-refractivity contribution in [1.82, 2.24) is 5.32 Å². The van der Waals surface area contributed by atoms with Crippen LogP contribution in [-0.2, 0) is 0 Å². The number of phenolic OH excluding ortho intramolecular Hbond substituents is 1. The highest BCUT2D eigenvalue weighted by Crippen LogP contribution is 2.10. The van der Waals surface area contributed by atoms with Crippen LogP contribution in [0.1, 0.15) is 30.1 Å². The van der Waals surface area contributed by atoms with Gasteiger partial charge in [0, 0.05) is 17.5 Å². The van der Waals surface area contributed by atoms with E-state index in [1.807, 2.05) is 6.92 Å². The minimum absolute atomic E-state index is 0.111. The molecule has 3 nitrogen and oxygen atoms in total. The third-order valence-corrected chi connectivity index (χ3v) is 2.55. The molecule has 4 heteroatoms. The van der Waals surface area contributed by atoms with Gasteiger partial charge < -0.3 is 10.4 Å². The van der Waals surface area contributed by atoms with E-state index in [2.05, 4.69) is 5.32 Å². The molecular weight excluding hydrogens is 226 g/mol. The first kappa shape index (κ1) is 12.8. The van der Waals surface area contributed by atoms with Crippen LogP contribution < -0.4 is 5.32 Å². The van der Waals surface area contributed by atoms with Crippen LogP contribution in [0.15, 0.2) is 24.3 Å². The molecule has 0 saturated heterocycles. The Morgan fingerprint density at radius 1 is 1.44 bits per heavy atom. The summed E-state index contributed by atoms with van der Waals surface area (Å²) in [4.78, 5) is 11.7. The van der Waals surface area contributed by atoms with E-state index in [1.165, 1.54) is 12.1 Å². The standard InChI is InChI=1S/C12H16ClNO2/c1-9(3-2-8-13)14-12(16)10-4-6-11(15)7-5-10/h4-7,9,15H,2-3,8H2,1H3,(H,14,16). The number of carbonyl (C=O) groups is 1. The van der Waals surface area contributed by atoms with E-state index in [0.29, 0.717) is 11.4 Å². The Morgan fingerprint density at radius 3 is 2.62 bits per heavy atom. The summed E-state index contributed by atoms with van der Waals surface area (Å²) in [6, 6.07) is 6.30. The Labute approximate surface area is 100 Å². The molecule has 0 aromatic heterocycles. The zero-order valence-corrected chi connectivity index (χ0v) is 10.00. The number of rotatable bonds is 5. The molecule has 0 fully saturated rings. The molecule has 1 atom stereocenters. The van der Waals surface area contributed by atoms with Crippen molar-refractivity contribution in [3.63, 3.8) is 0 Å². The van der Waals surface area contributed by atoms with E-state index in [-0.39, 0.29) is 17.7 Å². The number of benzene rings is 1. The maximum Gasteiger partial charge on any atom is 0.251 e. The molecule has 0 aliphatic carbocycles. The van der Waals surface area contributed by atoms with Crippen molar-refractivity contribution in [2.75, 3.05) is 5.88 Å². The molecule has 2 N–H and O–H groups in total. The average molecular weight is 242 g/mol. The zero-order chi connectivity index (χ0) is 12.0. The molecule has 0 aliphatic rings. The first-order valence-electron chi connectivity index (χ1n) is 5.29. The largest absolute Gasteiger partial charge is 0.508 e. The first-order valence-corrected chi connectivity index (χ1v) is 5.83. The molecule has 0 saturated carbocycles. The first-order chi connectivity index (χ1) is 7.63. The van der Waals surface area contributed by atoms with Crippen molar-refractivity contribution in [3.05, 3.63) is 29.8 Å². The SMILES string of the molecule is CC(CCCCl)NC(=O)c1ccc(O)cc1. The highest BCUT2D eigenvalue weighted by molar-refractivity contribution is 6.17. The van der Waals surface area contributed by atoms with Crippen molar-refractivity contribution in [2.45, 2.75) is 25.8 Å². The number of halogens is 1. The predicted molar refractivity (Wildman–Crippen MR) is 65.0 cm³/mol. The van der Waals surface area contributed by atoms with E-state index in [1.54, 1.807) is 12.1 Å². The predicted octanol–water partition coefficient (Wildman–Crippen LogP) is 2.53. The average Bonchev–Trinajstić information content (AvgIpc) is 2.27. The van der Waals surface area contributed by atoms with Gasteiger partial charge in [0.1, 0.15) is 5.75 Å². The molecule has 1 amide bonds. The topological polar surface area (TPSA) is 49.3 Å². The second kappa shape index (κ2) is 6.38. The van der Waals surface area contributed by atoms with Crippen LogP contribution in [0.25, 0.3) is 0 Å². The Bertz CT molecular complexity index is 337. The van der Waals surface area contributed by atoms with Crippen LogP contribution >= 0.6 is 11.6 Å². The maximum atomic E-state index is 11.7. The van der Waals surface area contributed by atoms with Gasteiger partial charge in [0.2, 0.25) is 0 Å². The molecule has 0 aliphatic heterocycles. The molecule has 1 aromatic carbocycles. The fraction of sp³-hybridized carbons (Fsp3) is 0.417.